The molecule has 1 aliphatic rings. The molecule has 1 aromatic heterocycles. The number of likely N-dealkylation sites (tertiary alicyclic amines) is 1. The first-order chi connectivity index (χ1) is 12.6. The third-order valence-corrected chi connectivity index (χ3v) is 4.86. The minimum atomic E-state index is -0.353. The van der Waals surface area contributed by atoms with Gasteiger partial charge in [0, 0.05) is 20.0 Å². The van der Waals surface area contributed by atoms with E-state index in [9.17, 15) is 9.59 Å². The van der Waals surface area contributed by atoms with Crippen molar-refractivity contribution < 1.29 is 14.0 Å². The minimum absolute atomic E-state index is 0.0202. The largest absolute Gasteiger partial charge is 0.467 e. The Bertz CT molecular complexity index is 720. The zero-order chi connectivity index (χ0) is 18.4. The summed E-state index contributed by atoms with van der Waals surface area (Å²) in [5, 5.41) is 6.02. The van der Waals surface area contributed by atoms with Crippen LogP contribution in [0.1, 0.15) is 31.1 Å². The molecule has 2 N–H and O–H groups in total. The van der Waals surface area contributed by atoms with Crippen LogP contribution < -0.4 is 10.6 Å². The smallest absolute Gasteiger partial charge is 0.234 e. The van der Waals surface area contributed by atoms with Crippen LogP contribution in [0.2, 0.25) is 0 Å². The summed E-state index contributed by atoms with van der Waals surface area (Å²) >= 11 is 0. The van der Waals surface area contributed by atoms with E-state index in [1.807, 2.05) is 24.3 Å². The van der Waals surface area contributed by atoms with E-state index in [-0.39, 0.29) is 17.4 Å². The molecule has 0 bridgehead atoms. The first kappa shape index (κ1) is 18.2. The van der Waals surface area contributed by atoms with Gasteiger partial charge in [-0.25, -0.2) is 0 Å². The average Bonchev–Trinajstić information content (AvgIpc) is 3.16. The Kier molecular flexibility index (Phi) is 5.73. The average molecular weight is 355 g/mol. The fraction of sp³-hybridized carbons (Fsp3) is 0.400. The van der Waals surface area contributed by atoms with Crippen LogP contribution in [0.5, 0.6) is 0 Å². The number of nitrogens with one attached hydrogen (secondary N) is 2. The van der Waals surface area contributed by atoms with Gasteiger partial charge in [0.2, 0.25) is 11.8 Å². The number of amides is 2. The lowest BCUT2D eigenvalue weighted by atomic mass is 9.80. The van der Waals surface area contributed by atoms with Gasteiger partial charge in [-0.3, -0.25) is 14.5 Å². The van der Waals surface area contributed by atoms with Gasteiger partial charge in [-0.1, -0.05) is 30.3 Å². The fourth-order valence-electron chi connectivity index (χ4n) is 3.53. The second kappa shape index (κ2) is 8.19. The molecule has 2 amide bonds. The number of hydrogen-bond acceptors (Lipinski definition) is 4. The summed E-state index contributed by atoms with van der Waals surface area (Å²) in [5.74, 6) is 0.692. The monoisotopic (exact) mass is 355 g/mol. The molecule has 1 aliphatic heterocycles. The molecule has 0 radical (unpaired) electrons. The number of carbonyl (C=O) groups is 2. The first-order valence-corrected chi connectivity index (χ1v) is 8.93. The third-order valence-electron chi connectivity index (χ3n) is 4.86. The van der Waals surface area contributed by atoms with Gasteiger partial charge in [0.05, 0.1) is 24.9 Å². The van der Waals surface area contributed by atoms with E-state index in [0.717, 1.165) is 37.3 Å². The molecule has 138 valence electrons. The number of benzene rings is 1. The van der Waals surface area contributed by atoms with Crippen molar-refractivity contribution in [2.45, 2.75) is 31.8 Å². The van der Waals surface area contributed by atoms with E-state index >= 15 is 0 Å². The molecule has 0 unspecified atom stereocenters. The summed E-state index contributed by atoms with van der Waals surface area (Å²) in [6.45, 7) is 3.82. The third kappa shape index (κ3) is 4.52. The second-order valence-corrected chi connectivity index (χ2v) is 6.76. The molecule has 2 heterocycles. The van der Waals surface area contributed by atoms with Crippen LogP contribution in [0.25, 0.3) is 0 Å². The molecule has 1 aromatic carbocycles. The van der Waals surface area contributed by atoms with E-state index in [1.165, 1.54) is 0 Å². The van der Waals surface area contributed by atoms with E-state index in [4.69, 9.17) is 4.42 Å². The van der Waals surface area contributed by atoms with E-state index in [1.54, 1.807) is 19.3 Å². The number of nitrogens with zero attached hydrogens (tertiary/aromatic N) is 1. The van der Waals surface area contributed by atoms with Crippen LogP contribution in [-0.2, 0) is 21.7 Å². The van der Waals surface area contributed by atoms with E-state index in [2.05, 4.69) is 27.7 Å². The predicted octanol–water partition coefficient (Wildman–Crippen LogP) is 2.02. The lowest BCUT2D eigenvalue weighted by Crippen LogP contribution is -2.53. The lowest BCUT2D eigenvalue weighted by Gasteiger charge is -2.42. The SMILES string of the molecule is CC(=O)NC1(c2ccccc2)CCN(CC(=O)NCc2ccco2)CC1. The molecule has 6 nitrogen and oxygen atoms in total. The van der Waals surface area contributed by atoms with Crippen LogP contribution in [0.4, 0.5) is 0 Å². The second-order valence-electron chi connectivity index (χ2n) is 6.76. The normalized spacial score (nSPS) is 16.8. The van der Waals surface area contributed by atoms with Gasteiger partial charge in [-0.15, -0.1) is 0 Å². The van der Waals surface area contributed by atoms with Crippen molar-refractivity contribution in [1.82, 2.24) is 15.5 Å². The predicted molar refractivity (Wildman–Crippen MR) is 98.2 cm³/mol. The van der Waals surface area contributed by atoms with Gasteiger partial charge < -0.3 is 15.1 Å². The number of furan rings is 1. The van der Waals surface area contributed by atoms with Gasteiger partial charge in [0.25, 0.3) is 0 Å². The number of rotatable bonds is 6. The van der Waals surface area contributed by atoms with Crippen molar-refractivity contribution in [2.24, 2.45) is 0 Å². The Morgan fingerprint density at radius 3 is 2.46 bits per heavy atom. The molecular weight excluding hydrogens is 330 g/mol. The molecule has 3 rings (SSSR count). The summed E-state index contributed by atoms with van der Waals surface area (Å²) in [4.78, 5) is 26.0. The van der Waals surface area contributed by atoms with Crippen LogP contribution >= 0.6 is 0 Å². The van der Waals surface area contributed by atoms with Crippen molar-refractivity contribution in [2.75, 3.05) is 19.6 Å². The Balaban J connectivity index is 1.56. The maximum absolute atomic E-state index is 12.2. The van der Waals surface area contributed by atoms with Crippen LogP contribution in [0.3, 0.4) is 0 Å². The highest BCUT2D eigenvalue weighted by Gasteiger charge is 2.37. The Morgan fingerprint density at radius 1 is 1.12 bits per heavy atom. The van der Waals surface area contributed by atoms with Gasteiger partial charge >= 0.3 is 0 Å². The number of carbonyl (C=O) groups excluding carboxylic acids is 2. The standard InChI is InChI=1S/C20H25N3O3/c1-16(24)22-20(17-6-3-2-4-7-17)9-11-23(12-10-20)15-19(25)21-14-18-8-5-13-26-18/h2-8,13H,9-12,14-15H2,1H3,(H,21,25)(H,22,24). The van der Waals surface area contributed by atoms with Crippen molar-refractivity contribution in [3.8, 4) is 0 Å². The zero-order valence-electron chi connectivity index (χ0n) is 15.0. The lowest BCUT2D eigenvalue weighted by molar-refractivity contribution is -0.124. The number of piperidine rings is 1. The Labute approximate surface area is 153 Å². The number of hydrogen-bond donors (Lipinski definition) is 2. The molecule has 1 saturated heterocycles. The molecule has 1 fully saturated rings. The summed E-state index contributed by atoms with van der Waals surface area (Å²) < 4.78 is 5.22. The maximum atomic E-state index is 12.2. The first-order valence-electron chi connectivity index (χ1n) is 8.93. The highest BCUT2D eigenvalue weighted by Crippen LogP contribution is 2.32. The summed E-state index contributed by atoms with van der Waals surface area (Å²) in [6.07, 6.45) is 3.15. The molecule has 6 heteroatoms. The molecule has 2 aromatic rings. The fourth-order valence-corrected chi connectivity index (χ4v) is 3.53. The van der Waals surface area contributed by atoms with Crippen molar-refractivity contribution in [1.29, 1.82) is 0 Å². The van der Waals surface area contributed by atoms with Crippen molar-refractivity contribution in [3.05, 3.63) is 60.1 Å². The van der Waals surface area contributed by atoms with Gasteiger partial charge in [-0.2, -0.15) is 0 Å². The molecular formula is C20H25N3O3. The molecule has 0 aliphatic carbocycles. The minimum Gasteiger partial charge on any atom is -0.467 e. The zero-order valence-corrected chi connectivity index (χ0v) is 15.0. The maximum Gasteiger partial charge on any atom is 0.234 e. The quantitative estimate of drug-likeness (QED) is 0.831. The molecule has 0 saturated carbocycles. The van der Waals surface area contributed by atoms with E-state index in [0.29, 0.717) is 13.1 Å². The highest BCUT2D eigenvalue weighted by molar-refractivity contribution is 5.78. The summed E-state index contributed by atoms with van der Waals surface area (Å²) in [7, 11) is 0. The summed E-state index contributed by atoms with van der Waals surface area (Å²) in [6, 6.07) is 13.7. The van der Waals surface area contributed by atoms with Crippen molar-refractivity contribution in [3.63, 3.8) is 0 Å². The molecule has 0 spiro atoms. The van der Waals surface area contributed by atoms with Crippen LogP contribution in [0.15, 0.2) is 53.1 Å². The topological polar surface area (TPSA) is 74.6 Å². The van der Waals surface area contributed by atoms with Gasteiger partial charge in [0.15, 0.2) is 0 Å². The Hall–Kier alpha value is -2.60. The van der Waals surface area contributed by atoms with Crippen molar-refractivity contribution >= 4 is 11.8 Å². The molecule has 26 heavy (non-hydrogen) atoms. The van der Waals surface area contributed by atoms with E-state index < -0.39 is 0 Å². The van der Waals surface area contributed by atoms with Gasteiger partial charge in [-0.05, 0) is 30.5 Å². The Morgan fingerprint density at radius 2 is 1.85 bits per heavy atom. The van der Waals surface area contributed by atoms with Crippen LogP contribution in [0, 0.1) is 0 Å². The van der Waals surface area contributed by atoms with Crippen LogP contribution in [-0.4, -0.2) is 36.3 Å². The van der Waals surface area contributed by atoms with Gasteiger partial charge in [0.1, 0.15) is 5.76 Å². The summed E-state index contributed by atoms with van der Waals surface area (Å²) in [5.41, 5.74) is 0.769. The molecule has 0 atom stereocenters. The highest BCUT2D eigenvalue weighted by atomic mass is 16.3.